The molecule has 1 N–H and O–H groups in total. The van der Waals surface area contributed by atoms with Gasteiger partial charge in [-0.1, -0.05) is 6.07 Å². The fourth-order valence-electron chi connectivity index (χ4n) is 4.26. The average Bonchev–Trinajstić information content (AvgIpc) is 3.11. The highest BCUT2D eigenvalue weighted by molar-refractivity contribution is 5.55. The second-order valence-corrected chi connectivity index (χ2v) is 7.50. The van der Waals surface area contributed by atoms with Crippen LogP contribution in [0.15, 0.2) is 53.9 Å². The molecule has 5 heteroatoms. The molecule has 1 aromatic carbocycles. The number of ether oxygens (including phenoxy) is 1. The topological polar surface area (TPSA) is 31.0 Å². The minimum Gasteiger partial charge on any atom is -0.492 e. The van der Waals surface area contributed by atoms with Gasteiger partial charge in [0.1, 0.15) is 12.4 Å². The normalized spacial score (nSPS) is 25.3. The first-order valence-corrected chi connectivity index (χ1v) is 9.62. The van der Waals surface area contributed by atoms with Gasteiger partial charge in [-0.3, -0.25) is 5.01 Å². The molecule has 0 saturated carbocycles. The quantitative estimate of drug-likeness (QED) is 0.884. The van der Waals surface area contributed by atoms with Gasteiger partial charge in [0.25, 0.3) is 0 Å². The first-order valence-electron chi connectivity index (χ1n) is 9.62. The third-order valence-corrected chi connectivity index (χ3v) is 5.72. The van der Waals surface area contributed by atoms with Gasteiger partial charge in [0, 0.05) is 50.7 Å². The summed E-state index contributed by atoms with van der Waals surface area (Å²) in [6.45, 7) is 8.09. The molecule has 0 bridgehead atoms. The Labute approximate surface area is 155 Å². The molecular weight excluding hydrogens is 324 g/mol. The van der Waals surface area contributed by atoms with Crippen LogP contribution < -0.4 is 15.0 Å². The van der Waals surface area contributed by atoms with Crippen LogP contribution in [0.3, 0.4) is 0 Å². The molecule has 0 radical (unpaired) electrons. The largest absolute Gasteiger partial charge is 0.492 e. The van der Waals surface area contributed by atoms with Crippen molar-refractivity contribution in [2.45, 2.75) is 19.4 Å². The van der Waals surface area contributed by atoms with E-state index in [-0.39, 0.29) is 0 Å². The lowest BCUT2D eigenvalue weighted by Crippen LogP contribution is -2.48. The van der Waals surface area contributed by atoms with E-state index in [1.54, 1.807) is 0 Å². The average molecular weight is 350 g/mol. The molecular formula is C21H26N4O. The Morgan fingerprint density at radius 1 is 1.19 bits per heavy atom. The van der Waals surface area contributed by atoms with E-state index in [2.05, 4.69) is 69.8 Å². The lowest BCUT2D eigenvalue weighted by atomic mass is 10.0. The fourth-order valence-corrected chi connectivity index (χ4v) is 4.26. The summed E-state index contributed by atoms with van der Waals surface area (Å²) in [6.07, 6.45) is 9.93. The van der Waals surface area contributed by atoms with Gasteiger partial charge in [-0.2, -0.15) is 0 Å². The minimum atomic E-state index is 0.373. The van der Waals surface area contributed by atoms with Crippen molar-refractivity contribution in [2.75, 3.05) is 44.2 Å². The summed E-state index contributed by atoms with van der Waals surface area (Å²) in [7, 11) is 0. The second kappa shape index (κ2) is 6.49. The van der Waals surface area contributed by atoms with Crippen molar-refractivity contribution in [2.24, 2.45) is 0 Å². The number of allylic oxidation sites excluding steroid dienone is 3. The number of rotatable bonds is 2. The molecule has 1 atom stereocenters. The SMILES string of the molecule is CC1=CC2=CCN([C@H]3COc4cc(N5CCNCC5)ccc4C3)N2C=C1. The van der Waals surface area contributed by atoms with Crippen molar-refractivity contribution in [3.05, 3.63) is 59.5 Å². The maximum atomic E-state index is 6.21. The molecule has 5 nitrogen and oxygen atoms in total. The molecule has 4 aliphatic rings. The van der Waals surface area contributed by atoms with Crippen molar-refractivity contribution in [3.8, 4) is 5.75 Å². The van der Waals surface area contributed by atoms with Crippen LogP contribution in [0.5, 0.6) is 5.75 Å². The van der Waals surface area contributed by atoms with Crippen molar-refractivity contribution in [1.29, 1.82) is 0 Å². The molecule has 0 amide bonds. The number of anilines is 1. The van der Waals surface area contributed by atoms with Gasteiger partial charge in [0.05, 0.1) is 11.7 Å². The molecule has 4 aliphatic heterocycles. The number of hydrogen-bond donors (Lipinski definition) is 1. The van der Waals surface area contributed by atoms with Crippen molar-refractivity contribution < 1.29 is 4.74 Å². The fraction of sp³-hybridized carbons (Fsp3) is 0.429. The maximum Gasteiger partial charge on any atom is 0.124 e. The van der Waals surface area contributed by atoms with E-state index in [4.69, 9.17) is 4.74 Å². The predicted molar refractivity (Wildman–Crippen MR) is 104 cm³/mol. The molecule has 5 rings (SSSR count). The van der Waals surface area contributed by atoms with Crippen molar-refractivity contribution in [3.63, 3.8) is 0 Å². The summed E-state index contributed by atoms with van der Waals surface area (Å²) >= 11 is 0. The highest BCUT2D eigenvalue weighted by atomic mass is 16.5. The number of fused-ring (bicyclic) bond motifs is 2. The molecule has 1 fully saturated rings. The summed E-state index contributed by atoms with van der Waals surface area (Å²) in [5.41, 5.74) is 5.19. The zero-order valence-electron chi connectivity index (χ0n) is 15.3. The summed E-state index contributed by atoms with van der Waals surface area (Å²) in [5.74, 6) is 1.06. The van der Waals surface area contributed by atoms with Gasteiger partial charge in [0.15, 0.2) is 0 Å². The van der Waals surface area contributed by atoms with Crippen LogP contribution in [-0.4, -0.2) is 55.4 Å². The van der Waals surface area contributed by atoms with Gasteiger partial charge in [-0.25, -0.2) is 5.01 Å². The van der Waals surface area contributed by atoms with Crippen LogP contribution >= 0.6 is 0 Å². The van der Waals surface area contributed by atoms with E-state index in [1.165, 1.54) is 22.5 Å². The molecule has 1 aromatic rings. The number of nitrogens with one attached hydrogen (secondary N) is 1. The first kappa shape index (κ1) is 16.0. The molecule has 4 heterocycles. The van der Waals surface area contributed by atoms with Gasteiger partial charge < -0.3 is 15.0 Å². The summed E-state index contributed by atoms with van der Waals surface area (Å²) in [6, 6.07) is 7.13. The molecule has 26 heavy (non-hydrogen) atoms. The number of hydrazine groups is 1. The third kappa shape index (κ3) is 2.81. The minimum absolute atomic E-state index is 0.373. The molecule has 0 aromatic heterocycles. The molecule has 136 valence electrons. The summed E-state index contributed by atoms with van der Waals surface area (Å²) in [4.78, 5) is 2.44. The zero-order valence-corrected chi connectivity index (χ0v) is 15.3. The summed E-state index contributed by atoms with van der Waals surface area (Å²) < 4.78 is 6.21. The number of piperazine rings is 1. The van der Waals surface area contributed by atoms with E-state index in [0.717, 1.165) is 51.5 Å². The Morgan fingerprint density at radius 2 is 2.08 bits per heavy atom. The predicted octanol–water partition coefficient (Wildman–Crippen LogP) is 2.29. The van der Waals surface area contributed by atoms with E-state index < -0.39 is 0 Å². The molecule has 0 aliphatic carbocycles. The Hall–Kier alpha value is -2.24. The monoisotopic (exact) mass is 350 g/mol. The van der Waals surface area contributed by atoms with Gasteiger partial charge >= 0.3 is 0 Å². The van der Waals surface area contributed by atoms with Crippen LogP contribution in [-0.2, 0) is 6.42 Å². The van der Waals surface area contributed by atoms with Crippen LogP contribution in [0, 0.1) is 0 Å². The lowest BCUT2D eigenvalue weighted by Gasteiger charge is -2.39. The maximum absolute atomic E-state index is 6.21. The standard InChI is InChI=1S/C21H26N4O/c1-16-4-8-24-19(12-16)5-9-25(24)20-13-17-2-3-18(14-21(17)26-15-20)23-10-6-22-7-11-23/h2-5,8,12,14,20,22H,6-7,9-11,13,15H2,1H3/t20-/m1/s1. The Balaban J connectivity index is 1.31. The number of nitrogens with zero attached hydrogens (tertiary/aromatic N) is 3. The van der Waals surface area contributed by atoms with Crippen LogP contribution in [0.1, 0.15) is 12.5 Å². The van der Waals surface area contributed by atoms with Gasteiger partial charge in [-0.05, 0) is 48.8 Å². The zero-order chi connectivity index (χ0) is 17.5. The van der Waals surface area contributed by atoms with E-state index in [9.17, 15) is 0 Å². The Kier molecular flexibility index (Phi) is 3.98. The van der Waals surface area contributed by atoms with E-state index >= 15 is 0 Å². The molecule has 0 spiro atoms. The van der Waals surface area contributed by atoms with Crippen LogP contribution in [0.2, 0.25) is 0 Å². The Morgan fingerprint density at radius 3 is 2.96 bits per heavy atom. The lowest BCUT2D eigenvalue weighted by molar-refractivity contribution is 0.0106. The summed E-state index contributed by atoms with van der Waals surface area (Å²) in [5, 5.41) is 8.11. The van der Waals surface area contributed by atoms with Crippen molar-refractivity contribution in [1.82, 2.24) is 15.3 Å². The van der Waals surface area contributed by atoms with Crippen molar-refractivity contribution >= 4 is 5.69 Å². The second-order valence-electron chi connectivity index (χ2n) is 7.50. The van der Waals surface area contributed by atoms with Crippen LogP contribution in [0.4, 0.5) is 5.69 Å². The first-order chi connectivity index (χ1) is 12.8. The van der Waals surface area contributed by atoms with E-state index in [1.807, 2.05) is 0 Å². The molecule has 0 unspecified atom stereocenters. The van der Waals surface area contributed by atoms with Gasteiger partial charge in [0.2, 0.25) is 0 Å². The van der Waals surface area contributed by atoms with E-state index in [0.29, 0.717) is 6.04 Å². The highest BCUT2D eigenvalue weighted by Crippen LogP contribution is 2.34. The molecule has 1 saturated heterocycles. The third-order valence-electron chi connectivity index (χ3n) is 5.72. The van der Waals surface area contributed by atoms with Crippen LogP contribution in [0.25, 0.3) is 0 Å². The number of hydrogen-bond acceptors (Lipinski definition) is 5. The number of benzene rings is 1. The van der Waals surface area contributed by atoms with Gasteiger partial charge in [-0.15, -0.1) is 0 Å². The highest BCUT2D eigenvalue weighted by Gasteiger charge is 2.32. The smallest absolute Gasteiger partial charge is 0.124 e. The Bertz CT molecular complexity index is 791.